The summed E-state index contributed by atoms with van der Waals surface area (Å²) in [5.74, 6) is 0.493. The number of carbonyl (C=O) groups is 1. The van der Waals surface area contributed by atoms with Crippen molar-refractivity contribution in [3.8, 4) is 0 Å². The van der Waals surface area contributed by atoms with E-state index in [0.717, 1.165) is 16.8 Å². The Morgan fingerprint density at radius 2 is 1.95 bits per heavy atom. The van der Waals surface area contributed by atoms with Gasteiger partial charge in [-0.05, 0) is 26.3 Å². The van der Waals surface area contributed by atoms with E-state index in [1.54, 1.807) is 0 Å². The number of aryl methyl sites for hydroxylation is 2. The van der Waals surface area contributed by atoms with Gasteiger partial charge < -0.3 is 15.6 Å². The lowest BCUT2D eigenvalue weighted by Crippen LogP contribution is -2.36. The van der Waals surface area contributed by atoms with Crippen molar-refractivity contribution >= 4 is 5.91 Å². The molecule has 1 aromatic heterocycles. The van der Waals surface area contributed by atoms with Gasteiger partial charge in [0.05, 0.1) is 11.7 Å². The van der Waals surface area contributed by atoms with Crippen molar-refractivity contribution < 1.29 is 9.32 Å². The Kier molecular flexibility index (Phi) is 4.20. The molecule has 2 unspecified atom stereocenters. The van der Waals surface area contributed by atoms with Crippen molar-refractivity contribution in [2.45, 2.75) is 32.9 Å². The highest BCUT2D eigenvalue weighted by Crippen LogP contribution is 2.21. The van der Waals surface area contributed by atoms with Crippen LogP contribution < -0.4 is 11.1 Å². The van der Waals surface area contributed by atoms with Crippen molar-refractivity contribution in [1.82, 2.24) is 10.5 Å². The second-order valence-corrected chi connectivity index (χ2v) is 4.86. The van der Waals surface area contributed by atoms with Crippen molar-refractivity contribution in [3.05, 3.63) is 52.9 Å². The van der Waals surface area contributed by atoms with E-state index in [1.165, 1.54) is 0 Å². The summed E-state index contributed by atoms with van der Waals surface area (Å²) >= 11 is 0. The third-order valence-electron chi connectivity index (χ3n) is 3.32. The van der Waals surface area contributed by atoms with E-state index < -0.39 is 6.04 Å². The zero-order valence-corrected chi connectivity index (χ0v) is 11.9. The molecule has 1 aromatic carbocycles. The Labute approximate surface area is 118 Å². The first-order valence-corrected chi connectivity index (χ1v) is 6.54. The van der Waals surface area contributed by atoms with Gasteiger partial charge in [0.15, 0.2) is 0 Å². The van der Waals surface area contributed by atoms with Crippen LogP contribution in [0.5, 0.6) is 0 Å². The molecule has 2 atom stereocenters. The first-order chi connectivity index (χ1) is 9.50. The van der Waals surface area contributed by atoms with E-state index in [9.17, 15) is 4.79 Å². The zero-order valence-electron chi connectivity index (χ0n) is 11.9. The Morgan fingerprint density at radius 1 is 1.30 bits per heavy atom. The van der Waals surface area contributed by atoms with Gasteiger partial charge in [-0.3, -0.25) is 4.79 Å². The first-order valence-electron chi connectivity index (χ1n) is 6.54. The van der Waals surface area contributed by atoms with Gasteiger partial charge in [0, 0.05) is 5.56 Å². The summed E-state index contributed by atoms with van der Waals surface area (Å²) < 4.78 is 5.11. The Hall–Kier alpha value is -2.14. The van der Waals surface area contributed by atoms with Crippen LogP contribution in [0.4, 0.5) is 0 Å². The van der Waals surface area contributed by atoms with Crippen LogP contribution in [0.3, 0.4) is 0 Å². The molecule has 0 aliphatic carbocycles. The Bertz CT molecular complexity index is 573. The number of benzene rings is 1. The lowest BCUT2D eigenvalue weighted by atomic mass is 10.0. The molecular weight excluding hydrogens is 254 g/mol. The smallest absolute Gasteiger partial charge is 0.241 e. The molecule has 0 saturated carbocycles. The van der Waals surface area contributed by atoms with Crippen molar-refractivity contribution in [2.24, 2.45) is 5.73 Å². The maximum Gasteiger partial charge on any atom is 0.241 e. The number of nitrogens with two attached hydrogens (primary N) is 1. The quantitative estimate of drug-likeness (QED) is 0.894. The molecule has 0 aliphatic rings. The molecule has 5 heteroatoms. The second-order valence-electron chi connectivity index (χ2n) is 4.86. The van der Waals surface area contributed by atoms with E-state index in [2.05, 4.69) is 10.5 Å². The molecule has 106 valence electrons. The lowest BCUT2D eigenvalue weighted by Gasteiger charge is -2.17. The third-order valence-corrected chi connectivity index (χ3v) is 3.32. The van der Waals surface area contributed by atoms with Gasteiger partial charge in [-0.25, -0.2) is 0 Å². The highest BCUT2D eigenvalue weighted by Gasteiger charge is 2.22. The van der Waals surface area contributed by atoms with Gasteiger partial charge in [0.25, 0.3) is 0 Å². The number of hydrogen-bond acceptors (Lipinski definition) is 4. The van der Waals surface area contributed by atoms with Gasteiger partial charge in [0.1, 0.15) is 11.8 Å². The average Bonchev–Trinajstić information content (AvgIpc) is 2.78. The van der Waals surface area contributed by atoms with E-state index in [0.29, 0.717) is 5.76 Å². The fraction of sp³-hybridized carbons (Fsp3) is 0.333. The largest absolute Gasteiger partial charge is 0.361 e. The molecular formula is C15H19N3O2. The van der Waals surface area contributed by atoms with Crippen LogP contribution in [0.15, 0.2) is 34.9 Å². The maximum absolute atomic E-state index is 12.2. The summed E-state index contributed by atoms with van der Waals surface area (Å²) in [7, 11) is 0. The number of carbonyl (C=O) groups excluding carboxylic acids is 1. The molecule has 0 saturated heterocycles. The molecule has 0 aliphatic heterocycles. The summed E-state index contributed by atoms with van der Waals surface area (Å²) in [5.41, 5.74) is 8.44. The highest BCUT2D eigenvalue weighted by molar-refractivity contribution is 5.83. The van der Waals surface area contributed by atoms with E-state index in [-0.39, 0.29) is 11.9 Å². The molecule has 2 aromatic rings. The van der Waals surface area contributed by atoms with Gasteiger partial charge in [-0.1, -0.05) is 35.5 Å². The number of nitrogens with one attached hydrogen (secondary N) is 1. The minimum atomic E-state index is -0.681. The molecule has 1 heterocycles. The lowest BCUT2D eigenvalue weighted by molar-refractivity contribution is -0.123. The SMILES string of the molecule is Cc1noc(C)c1C(C)NC(=O)C(N)c1ccccc1. The summed E-state index contributed by atoms with van der Waals surface area (Å²) in [6, 6.07) is 8.42. The Balaban J connectivity index is 2.08. The summed E-state index contributed by atoms with van der Waals surface area (Å²) in [4.78, 5) is 12.2. The predicted octanol–water partition coefficient (Wildman–Crippen LogP) is 2.17. The third kappa shape index (κ3) is 2.88. The molecule has 3 N–H and O–H groups in total. The van der Waals surface area contributed by atoms with Crippen LogP contribution in [0, 0.1) is 13.8 Å². The van der Waals surface area contributed by atoms with Crippen LogP contribution in [-0.2, 0) is 4.79 Å². The number of nitrogens with zero attached hydrogens (tertiary/aromatic N) is 1. The molecule has 0 bridgehead atoms. The minimum absolute atomic E-state index is 0.191. The first kappa shape index (κ1) is 14.3. The van der Waals surface area contributed by atoms with Gasteiger partial charge in [-0.15, -0.1) is 0 Å². The van der Waals surface area contributed by atoms with E-state index >= 15 is 0 Å². The minimum Gasteiger partial charge on any atom is -0.361 e. The van der Waals surface area contributed by atoms with Gasteiger partial charge >= 0.3 is 0 Å². The molecule has 1 amide bonds. The number of aromatic nitrogens is 1. The van der Waals surface area contributed by atoms with Crippen LogP contribution in [-0.4, -0.2) is 11.1 Å². The van der Waals surface area contributed by atoms with Crippen molar-refractivity contribution in [1.29, 1.82) is 0 Å². The van der Waals surface area contributed by atoms with Gasteiger partial charge in [-0.2, -0.15) is 0 Å². The van der Waals surface area contributed by atoms with Crippen molar-refractivity contribution in [2.75, 3.05) is 0 Å². The number of hydrogen-bond donors (Lipinski definition) is 2. The zero-order chi connectivity index (χ0) is 14.7. The average molecular weight is 273 g/mol. The van der Waals surface area contributed by atoms with Crippen LogP contribution in [0.25, 0.3) is 0 Å². The highest BCUT2D eigenvalue weighted by atomic mass is 16.5. The topological polar surface area (TPSA) is 81.2 Å². The second kappa shape index (κ2) is 5.88. The number of rotatable bonds is 4. The van der Waals surface area contributed by atoms with E-state index in [4.69, 9.17) is 10.3 Å². The summed E-state index contributed by atoms with van der Waals surface area (Å²) in [6.07, 6.45) is 0. The molecule has 2 rings (SSSR count). The predicted molar refractivity (Wildman–Crippen MR) is 75.9 cm³/mol. The van der Waals surface area contributed by atoms with Crippen LogP contribution in [0.1, 0.15) is 41.6 Å². The van der Waals surface area contributed by atoms with Crippen LogP contribution in [0.2, 0.25) is 0 Å². The molecule has 0 spiro atoms. The monoisotopic (exact) mass is 273 g/mol. The molecule has 20 heavy (non-hydrogen) atoms. The Morgan fingerprint density at radius 3 is 2.50 bits per heavy atom. The molecule has 5 nitrogen and oxygen atoms in total. The summed E-state index contributed by atoms with van der Waals surface area (Å²) in [5, 5.41) is 6.79. The van der Waals surface area contributed by atoms with Crippen LogP contribution >= 0.6 is 0 Å². The standard InChI is InChI=1S/C15H19N3O2/c1-9(13-10(2)18-20-11(13)3)17-15(19)14(16)12-7-5-4-6-8-12/h4-9,14H,16H2,1-3H3,(H,17,19). The van der Waals surface area contributed by atoms with E-state index in [1.807, 2.05) is 51.1 Å². The number of amides is 1. The van der Waals surface area contributed by atoms with Crippen molar-refractivity contribution in [3.63, 3.8) is 0 Å². The molecule has 0 fully saturated rings. The fourth-order valence-electron chi connectivity index (χ4n) is 2.30. The van der Waals surface area contributed by atoms with Gasteiger partial charge in [0.2, 0.25) is 5.91 Å². The molecule has 0 radical (unpaired) electrons. The maximum atomic E-state index is 12.2. The normalized spacial score (nSPS) is 13.8. The fourth-order valence-corrected chi connectivity index (χ4v) is 2.30. The summed E-state index contributed by atoms with van der Waals surface area (Å²) in [6.45, 7) is 5.57.